The van der Waals surface area contributed by atoms with E-state index >= 15 is 0 Å². The van der Waals surface area contributed by atoms with Crippen molar-refractivity contribution in [2.24, 2.45) is 0 Å². The van der Waals surface area contributed by atoms with E-state index in [-0.39, 0.29) is 5.54 Å². The molecule has 0 saturated carbocycles. The van der Waals surface area contributed by atoms with Gasteiger partial charge in [-0.25, -0.2) is 0 Å². The predicted molar refractivity (Wildman–Crippen MR) is 74.6 cm³/mol. The number of carbonyl (C=O) groups excluding carboxylic acids is 1. The highest BCUT2D eigenvalue weighted by atomic mass is 16.5. The van der Waals surface area contributed by atoms with Gasteiger partial charge in [0.1, 0.15) is 5.75 Å². The number of para-hydroxylation sites is 1. The fourth-order valence-electron chi connectivity index (χ4n) is 3.21. The zero-order chi connectivity index (χ0) is 13.3. The molecule has 2 unspecified atom stereocenters. The van der Waals surface area contributed by atoms with Gasteiger partial charge in [-0.05, 0) is 50.3 Å². The Balaban J connectivity index is 1.76. The van der Waals surface area contributed by atoms with Gasteiger partial charge in [-0.15, -0.1) is 0 Å². The first kappa shape index (κ1) is 12.7. The average Bonchev–Trinajstić information content (AvgIpc) is 2.87. The molecule has 0 amide bonds. The minimum atomic E-state index is -0.298. The van der Waals surface area contributed by atoms with E-state index in [2.05, 4.69) is 11.4 Å². The normalized spacial score (nSPS) is 29.6. The van der Waals surface area contributed by atoms with Crippen LogP contribution < -0.4 is 10.1 Å². The summed E-state index contributed by atoms with van der Waals surface area (Å²) in [5, 5.41) is 3.37. The molecule has 1 aromatic carbocycles. The summed E-state index contributed by atoms with van der Waals surface area (Å²) in [4.78, 5) is 12.5. The van der Waals surface area contributed by atoms with Gasteiger partial charge in [-0.2, -0.15) is 0 Å². The second-order valence-corrected chi connectivity index (χ2v) is 5.86. The van der Waals surface area contributed by atoms with Crippen LogP contribution in [0.15, 0.2) is 24.3 Å². The molecule has 2 atom stereocenters. The molecular formula is C16H21NO2. The molecule has 1 saturated heterocycles. The zero-order valence-electron chi connectivity index (χ0n) is 11.4. The molecule has 3 nitrogen and oxygen atoms in total. The van der Waals surface area contributed by atoms with E-state index in [4.69, 9.17) is 4.74 Å². The van der Waals surface area contributed by atoms with Crippen molar-refractivity contribution in [2.75, 3.05) is 13.2 Å². The third kappa shape index (κ3) is 2.39. The van der Waals surface area contributed by atoms with E-state index in [0.717, 1.165) is 38.2 Å². The van der Waals surface area contributed by atoms with Crippen molar-refractivity contribution >= 4 is 5.78 Å². The number of ketones is 1. The number of Topliss-reactive ketones (excluding diaryl/α,β-unsaturated/α-hetero) is 1. The van der Waals surface area contributed by atoms with Crippen molar-refractivity contribution in [3.05, 3.63) is 29.8 Å². The molecule has 1 N–H and O–H groups in total. The molecule has 3 heteroatoms. The van der Waals surface area contributed by atoms with Gasteiger partial charge in [0.05, 0.1) is 12.1 Å². The lowest BCUT2D eigenvalue weighted by atomic mass is 9.83. The van der Waals surface area contributed by atoms with Gasteiger partial charge < -0.3 is 10.1 Å². The van der Waals surface area contributed by atoms with Crippen LogP contribution in [0.3, 0.4) is 0 Å². The van der Waals surface area contributed by atoms with Crippen molar-refractivity contribution in [3.63, 3.8) is 0 Å². The van der Waals surface area contributed by atoms with Crippen LogP contribution >= 0.6 is 0 Å². The lowest BCUT2D eigenvalue weighted by molar-refractivity contribution is -0.124. The summed E-state index contributed by atoms with van der Waals surface area (Å²) in [6, 6.07) is 8.11. The monoisotopic (exact) mass is 259 g/mol. The van der Waals surface area contributed by atoms with Crippen molar-refractivity contribution in [1.29, 1.82) is 0 Å². The van der Waals surface area contributed by atoms with Crippen LogP contribution in [0.25, 0.3) is 0 Å². The number of rotatable bonds is 3. The molecule has 2 heterocycles. The second kappa shape index (κ2) is 4.97. The first-order valence-electron chi connectivity index (χ1n) is 7.19. The Kier molecular flexibility index (Phi) is 3.31. The zero-order valence-corrected chi connectivity index (χ0v) is 11.4. The molecule has 1 aromatic rings. The molecule has 102 valence electrons. The van der Waals surface area contributed by atoms with Crippen LogP contribution in [0.5, 0.6) is 5.75 Å². The van der Waals surface area contributed by atoms with Crippen LogP contribution in [0.4, 0.5) is 0 Å². The molecule has 0 aliphatic carbocycles. The number of benzene rings is 1. The number of ether oxygens (including phenoxy) is 1. The van der Waals surface area contributed by atoms with E-state index in [9.17, 15) is 4.79 Å². The summed E-state index contributed by atoms with van der Waals surface area (Å²) in [5.74, 6) is 1.62. The molecule has 1 fully saturated rings. The summed E-state index contributed by atoms with van der Waals surface area (Å²) in [6.45, 7) is 3.74. The van der Waals surface area contributed by atoms with Gasteiger partial charge in [0.2, 0.25) is 0 Å². The third-order valence-electron chi connectivity index (χ3n) is 4.50. The van der Waals surface area contributed by atoms with Gasteiger partial charge in [-0.3, -0.25) is 4.79 Å². The topological polar surface area (TPSA) is 38.3 Å². The molecule has 0 bridgehead atoms. The lowest BCUT2D eigenvalue weighted by Gasteiger charge is -2.29. The van der Waals surface area contributed by atoms with Gasteiger partial charge in [0, 0.05) is 6.42 Å². The number of carbonyl (C=O) groups is 1. The SMILES string of the molecule is CC1(C(=O)CC2CCOc3ccccc32)CCCN1. The maximum Gasteiger partial charge on any atom is 0.153 e. The van der Waals surface area contributed by atoms with Gasteiger partial charge in [-0.1, -0.05) is 18.2 Å². The summed E-state index contributed by atoms with van der Waals surface area (Å²) >= 11 is 0. The maximum absolute atomic E-state index is 12.5. The van der Waals surface area contributed by atoms with Crippen LogP contribution in [0, 0.1) is 0 Å². The summed E-state index contributed by atoms with van der Waals surface area (Å²) in [6.07, 6.45) is 3.64. The largest absolute Gasteiger partial charge is 0.493 e. The van der Waals surface area contributed by atoms with Crippen molar-refractivity contribution in [1.82, 2.24) is 5.32 Å². The van der Waals surface area contributed by atoms with Gasteiger partial charge in [0.15, 0.2) is 5.78 Å². The second-order valence-electron chi connectivity index (χ2n) is 5.86. The van der Waals surface area contributed by atoms with Crippen LogP contribution in [0.1, 0.15) is 44.1 Å². The Morgan fingerprint density at radius 1 is 1.47 bits per heavy atom. The molecule has 3 rings (SSSR count). The average molecular weight is 259 g/mol. The van der Waals surface area contributed by atoms with Crippen molar-refractivity contribution in [3.8, 4) is 5.75 Å². The van der Waals surface area contributed by atoms with E-state index in [1.807, 2.05) is 25.1 Å². The fraction of sp³-hybridized carbons (Fsp3) is 0.562. The van der Waals surface area contributed by atoms with E-state index in [0.29, 0.717) is 18.1 Å². The highest BCUT2D eigenvalue weighted by Gasteiger charge is 2.37. The van der Waals surface area contributed by atoms with Crippen LogP contribution in [-0.4, -0.2) is 24.5 Å². The lowest BCUT2D eigenvalue weighted by Crippen LogP contribution is -2.45. The highest BCUT2D eigenvalue weighted by molar-refractivity contribution is 5.89. The number of hydrogen-bond acceptors (Lipinski definition) is 3. The first-order valence-corrected chi connectivity index (χ1v) is 7.19. The van der Waals surface area contributed by atoms with E-state index in [1.165, 1.54) is 5.56 Å². The van der Waals surface area contributed by atoms with E-state index in [1.54, 1.807) is 0 Å². The summed E-state index contributed by atoms with van der Waals surface area (Å²) in [7, 11) is 0. The minimum Gasteiger partial charge on any atom is -0.493 e. The Hall–Kier alpha value is -1.35. The highest BCUT2D eigenvalue weighted by Crippen LogP contribution is 2.37. The Morgan fingerprint density at radius 3 is 3.11 bits per heavy atom. The van der Waals surface area contributed by atoms with Gasteiger partial charge >= 0.3 is 0 Å². The Morgan fingerprint density at radius 2 is 2.32 bits per heavy atom. The van der Waals surface area contributed by atoms with Crippen LogP contribution in [0.2, 0.25) is 0 Å². The number of hydrogen-bond donors (Lipinski definition) is 1. The smallest absolute Gasteiger partial charge is 0.153 e. The molecule has 0 radical (unpaired) electrons. The Labute approximate surface area is 114 Å². The van der Waals surface area contributed by atoms with Gasteiger partial charge in [0.25, 0.3) is 0 Å². The molecule has 2 aliphatic rings. The van der Waals surface area contributed by atoms with Crippen molar-refractivity contribution < 1.29 is 9.53 Å². The van der Waals surface area contributed by atoms with Crippen LogP contribution in [-0.2, 0) is 4.79 Å². The summed E-state index contributed by atoms with van der Waals surface area (Å²) < 4.78 is 5.66. The molecular weight excluding hydrogens is 238 g/mol. The third-order valence-corrected chi connectivity index (χ3v) is 4.50. The minimum absolute atomic E-state index is 0.298. The molecule has 0 aromatic heterocycles. The molecule has 0 spiro atoms. The quantitative estimate of drug-likeness (QED) is 0.907. The molecule has 19 heavy (non-hydrogen) atoms. The summed E-state index contributed by atoms with van der Waals surface area (Å²) in [5.41, 5.74) is 0.900. The fourth-order valence-corrected chi connectivity index (χ4v) is 3.21. The Bertz CT molecular complexity index is 477. The number of fused-ring (bicyclic) bond motifs is 1. The molecule has 2 aliphatic heterocycles. The number of nitrogens with one attached hydrogen (secondary N) is 1. The standard InChI is InChI=1S/C16H21NO2/c1-16(8-4-9-17-16)15(18)11-12-7-10-19-14-6-3-2-5-13(12)14/h2-3,5-6,12,17H,4,7-11H2,1H3. The van der Waals surface area contributed by atoms with E-state index < -0.39 is 0 Å². The maximum atomic E-state index is 12.5. The van der Waals surface area contributed by atoms with Crippen molar-refractivity contribution in [2.45, 2.75) is 44.1 Å². The predicted octanol–water partition coefficient (Wildman–Crippen LogP) is 2.65. The first-order chi connectivity index (χ1) is 9.19.